The second-order valence-corrected chi connectivity index (χ2v) is 2.83. The van der Waals surface area contributed by atoms with E-state index in [1.807, 2.05) is 6.07 Å². The van der Waals surface area contributed by atoms with E-state index >= 15 is 0 Å². The third kappa shape index (κ3) is 1.98. The van der Waals surface area contributed by atoms with Gasteiger partial charge in [-0.2, -0.15) is 5.26 Å². The minimum Gasteiger partial charge on any atom is -0.316 e. The summed E-state index contributed by atoms with van der Waals surface area (Å²) in [6.07, 6.45) is 2.03. The molecule has 0 saturated carbocycles. The summed E-state index contributed by atoms with van der Waals surface area (Å²) in [4.78, 5) is 0. The molecule has 1 heterocycles. The van der Waals surface area contributed by atoms with Crippen molar-refractivity contribution in [2.45, 2.75) is 18.9 Å². The zero-order valence-electron chi connectivity index (χ0n) is 6.01. The first-order chi connectivity index (χ1) is 4.83. The molecular formula is C7H13N3. The Labute approximate surface area is 61.2 Å². The summed E-state index contributed by atoms with van der Waals surface area (Å²) >= 11 is 0. The van der Waals surface area contributed by atoms with Crippen LogP contribution in [0, 0.1) is 17.2 Å². The van der Waals surface area contributed by atoms with Crippen molar-refractivity contribution in [3.8, 4) is 6.07 Å². The first-order valence-electron chi connectivity index (χ1n) is 3.69. The highest BCUT2D eigenvalue weighted by Gasteiger charge is 2.16. The zero-order chi connectivity index (χ0) is 7.40. The molecule has 3 heteroatoms. The molecule has 0 amide bonds. The van der Waals surface area contributed by atoms with Gasteiger partial charge in [-0.15, -0.1) is 0 Å². The van der Waals surface area contributed by atoms with Gasteiger partial charge in [0.1, 0.15) is 0 Å². The van der Waals surface area contributed by atoms with Gasteiger partial charge in [0, 0.05) is 0 Å². The first kappa shape index (κ1) is 7.52. The molecule has 0 aromatic carbocycles. The van der Waals surface area contributed by atoms with Crippen molar-refractivity contribution in [1.29, 1.82) is 5.26 Å². The van der Waals surface area contributed by atoms with Gasteiger partial charge in [0.2, 0.25) is 0 Å². The molecule has 0 aromatic rings. The van der Waals surface area contributed by atoms with E-state index in [2.05, 4.69) is 5.32 Å². The van der Waals surface area contributed by atoms with Crippen LogP contribution in [0.3, 0.4) is 0 Å². The lowest BCUT2D eigenvalue weighted by Crippen LogP contribution is -2.22. The molecule has 3 N–H and O–H groups in total. The maximum Gasteiger partial charge on any atom is 0.0931 e. The quantitative estimate of drug-likeness (QED) is 0.558. The Balaban J connectivity index is 2.19. The van der Waals surface area contributed by atoms with Gasteiger partial charge < -0.3 is 11.1 Å². The minimum absolute atomic E-state index is 0.259. The van der Waals surface area contributed by atoms with Crippen LogP contribution in [-0.4, -0.2) is 19.1 Å². The van der Waals surface area contributed by atoms with Crippen LogP contribution in [0.4, 0.5) is 0 Å². The van der Waals surface area contributed by atoms with Crippen LogP contribution in [0.15, 0.2) is 0 Å². The minimum atomic E-state index is -0.259. The van der Waals surface area contributed by atoms with Gasteiger partial charge in [-0.05, 0) is 31.8 Å². The normalized spacial score (nSPS) is 27.8. The summed E-state index contributed by atoms with van der Waals surface area (Å²) in [5.74, 6) is 0.634. The number of nitriles is 1. The van der Waals surface area contributed by atoms with Crippen molar-refractivity contribution in [2.75, 3.05) is 13.1 Å². The SMILES string of the molecule is N#C[C@H](N)C[C@@H]1CCNC1. The molecule has 3 nitrogen and oxygen atoms in total. The number of hydrogen-bond acceptors (Lipinski definition) is 3. The fraction of sp³-hybridized carbons (Fsp3) is 0.857. The van der Waals surface area contributed by atoms with Gasteiger partial charge in [0.05, 0.1) is 12.1 Å². The lowest BCUT2D eigenvalue weighted by atomic mass is 10.0. The van der Waals surface area contributed by atoms with Crippen molar-refractivity contribution in [1.82, 2.24) is 5.32 Å². The van der Waals surface area contributed by atoms with Crippen molar-refractivity contribution < 1.29 is 0 Å². The molecule has 0 aliphatic carbocycles. The highest BCUT2D eigenvalue weighted by Crippen LogP contribution is 2.12. The molecular weight excluding hydrogens is 126 g/mol. The second kappa shape index (κ2) is 3.55. The predicted octanol–water partition coefficient (Wildman–Crippen LogP) is -0.163. The zero-order valence-corrected chi connectivity index (χ0v) is 6.01. The molecule has 1 rings (SSSR count). The molecule has 0 aromatic heterocycles. The van der Waals surface area contributed by atoms with E-state index in [-0.39, 0.29) is 6.04 Å². The molecule has 1 saturated heterocycles. The molecule has 0 spiro atoms. The van der Waals surface area contributed by atoms with Crippen molar-refractivity contribution in [3.05, 3.63) is 0 Å². The molecule has 0 bridgehead atoms. The van der Waals surface area contributed by atoms with Crippen LogP contribution in [0.25, 0.3) is 0 Å². The lowest BCUT2D eigenvalue weighted by Gasteiger charge is -2.07. The molecule has 1 aliphatic heterocycles. The average Bonchev–Trinajstić information content (AvgIpc) is 2.40. The van der Waals surface area contributed by atoms with E-state index in [4.69, 9.17) is 11.0 Å². The van der Waals surface area contributed by atoms with Gasteiger partial charge in [0.25, 0.3) is 0 Å². The number of nitrogens with two attached hydrogens (primary N) is 1. The lowest BCUT2D eigenvalue weighted by molar-refractivity contribution is 0.506. The second-order valence-electron chi connectivity index (χ2n) is 2.83. The maximum atomic E-state index is 8.40. The Morgan fingerprint density at radius 1 is 1.80 bits per heavy atom. The summed E-state index contributed by atoms with van der Waals surface area (Å²) in [5, 5.41) is 11.6. The number of rotatable bonds is 2. The summed E-state index contributed by atoms with van der Waals surface area (Å²) < 4.78 is 0. The van der Waals surface area contributed by atoms with Gasteiger partial charge in [0.15, 0.2) is 0 Å². The van der Waals surface area contributed by atoms with E-state index < -0.39 is 0 Å². The summed E-state index contributed by atoms with van der Waals surface area (Å²) in [6, 6.07) is 1.78. The molecule has 56 valence electrons. The van der Waals surface area contributed by atoms with Gasteiger partial charge in [-0.1, -0.05) is 0 Å². The molecule has 10 heavy (non-hydrogen) atoms. The number of nitrogens with one attached hydrogen (secondary N) is 1. The fourth-order valence-electron chi connectivity index (χ4n) is 1.33. The van der Waals surface area contributed by atoms with Crippen molar-refractivity contribution >= 4 is 0 Å². The van der Waals surface area contributed by atoms with Gasteiger partial charge in [-0.25, -0.2) is 0 Å². The van der Waals surface area contributed by atoms with Crippen LogP contribution in [-0.2, 0) is 0 Å². The molecule has 0 radical (unpaired) electrons. The first-order valence-corrected chi connectivity index (χ1v) is 3.69. The van der Waals surface area contributed by atoms with Crippen LogP contribution >= 0.6 is 0 Å². The van der Waals surface area contributed by atoms with Gasteiger partial charge in [-0.3, -0.25) is 0 Å². The van der Waals surface area contributed by atoms with E-state index in [9.17, 15) is 0 Å². The molecule has 2 atom stereocenters. The fourth-order valence-corrected chi connectivity index (χ4v) is 1.33. The summed E-state index contributed by atoms with van der Waals surface area (Å²) in [7, 11) is 0. The highest BCUT2D eigenvalue weighted by atomic mass is 14.9. The Hall–Kier alpha value is -0.590. The smallest absolute Gasteiger partial charge is 0.0931 e. The summed E-state index contributed by atoms with van der Waals surface area (Å²) in [5.41, 5.74) is 5.46. The Morgan fingerprint density at radius 3 is 3.10 bits per heavy atom. The van der Waals surface area contributed by atoms with Crippen molar-refractivity contribution in [2.24, 2.45) is 11.7 Å². The summed E-state index contributed by atoms with van der Waals surface area (Å²) in [6.45, 7) is 2.12. The van der Waals surface area contributed by atoms with Crippen LogP contribution in [0.2, 0.25) is 0 Å². The topological polar surface area (TPSA) is 61.8 Å². The average molecular weight is 139 g/mol. The van der Waals surface area contributed by atoms with Crippen LogP contribution < -0.4 is 11.1 Å². The maximum absolute atomic E-state index is 8.40. The molecule has 0 unspecified atom stereocenters. The number of hydrogen-bond donors (Lipinski definition) is 2. The molecule has 1 aliphatic rings. The van der Waals surface area contributed by atoms with Crippen LogP contribution in [0.1, 0.15) is 12.8 Å². The highest BCUT2D eigenvalue weighted by molar-refractivity contribution is 4.89. The largest absolute Gasteiger partial charge is 0.316 e. The predicted molar refractivity (Wildman–Crippen MR) is 39.2 cm³/mol. The molecule has 1 fully saturated rings. The third-order valence-corrected chi connectivity index (χ3v) is 1.92. The van der Waals surface area contributed by atoms with E-state index in [0.717, 1.165) is 19.5 Å². The van der Waals surface area contributed by atoms with E-state index in [1.54, 1.807) is 0 Å². The Bertz CT molecular complexity index is 132. The van der Waals surface area contributed by atoms with Gasteiger partial charge >= 0.3 is 0 Å². The van der Waals surface area contributed by atoms with Crippen molar-refractivity contribution in [3.63, 3.8) is 0 Å². The Morgan fingerprint density at radius 2 is 2.60 bits per heavy atom. The van der Waals surface area contributed by atoms with E-state index in [1.165, 1.54) is 6.42 Å². The number of nitrogens with zero attached hydrogens (tertiary/aromatic N) is 1. The standard InChI is InChI=1S/C7H13N3/c8-4-7(9)3-6-1-2-10-5-6/h6-7,10H,1-3,5,9H2/t6-,7+/m0/s1. The Kier molecular flexibility index (Phi) is 2.67. The monoisotopic (exact) mass is 139 g/mol. The van der Waals surface area contributed by atoms with E-state index in [0.29, 0.717) is 5.92 Å². The third-order valence-electron chi connectivity index (χ3n) is 1.92. The van der Waals surface area contributed by atoms with Crippen LogP contribution in [0.5, 0.6) is 0 Å².